The van der Waals surface area contributed by atoms with Crippen LogP contribution in [0.2, 0.25) is 0 Å². The molecule has 188 valence electrons. The first-order valence-corrected chi connectivity index (χ1v) is 13.1. The standard InChI is InChI=1S/C27H35N3O4S/c1-6-13-30-23(31)21-22(28-24(30)35-17-16-33-5)20-10-8-7-9-19(20)18-27(21)11-14-29(15-12-27)25(32)34-26(2,3)4/h6-10H,1,11-18H2,2-5H3. The third-order valence-electron chi connectivity index (χ3n) is 6.67. The number of fused-ring (bicyclic) bond motifs is 4. The lowest BCUT2D eigenvalue weighted by molar-refractivity contribution is 0.0161. The summed E-state index contributed by atoms with van der Waals surface area (Å²) in [5.74, 6) is 0.705. The Morgan fingerprint density at radius 2 is 1.97 bits per heavy atom. The van der Waals surface area contributed by atoms with Crippen molar-refractivity contribution in [2.24, 2.45) is 0 Å². The molecule has 1 aliphatic carbocycles. The highest BCUT2D eigenvalue weighted by Crippen LogP contribution is 2.47. The monoisotopic (exact) mass is 497 g/mol. The first-order chi connectivity index (χ1) is 16.7. The maximum atomic E-state index is 14.1. The zero-order chi connectivity index (χ0) is 25.2. The Labute approximate surface area is 211 Å². The fourth-order valence-corrected chi connectivity index (χ4v) is 5.96. The van der Waals surface area contributed by atoms with Gasteiger partial charge in [-0.25, -0.2) is 9.78 Å². The Bertz CT molecular complexity index is 1160. The number of thioether (sulfide) groups is 1. The fraction of sp³-hybridized carbons (Fsp3) is 0.519. The van der Waals surface area contributed by atoms with Gasteiger partial charge in [-0.05, 0) is 45.6 Å². The summed E-state index contributed by atoms with van der Waals surface area (Å²) in [5.41, 5.74) is 2.87. The van der Waals surface area contributed by atoms with Crippen LogP contribution in [0.15, 0.2) is 46.9 Å². The van der Waals surface area contributed by atoms with E-state index in [9.17, 15) is 9.59 Å². The van der Waals surface area contributed by atoms with Gasteiger partial charge in [0.2, 0.25) is 0 Å². The van der Waals surface area contributed by atoms with Gasteiger partial charge in [0.15, 0.2) is 5.16 Å². The second-order valence-electron chi connectivity index (χ2n) is 10.2. The summed E-state index contributed by atoms with van der Waals surface area (Å²) in [7, 11) is 1.67. The van der Waals surface area contributed by atoms with Crippen molar-refractivity contribution in [2.75, 3.05) is 32.6 Å². The number of nitrogens with zero attached hydrogens (tertiary/aromatic N) is 3. The zero-order valence-corrected chi connectivity index (χ0v) is 22.0. The molecule has 1 spiro atoms. The predicted molar refractivity (Wildman–Crippen MR) is 139 cm³/mol. The normalized spacial score (nSPS) is 16.5. The highest BCUT2D eigenvalue weighted by atomic mass is 32.2. The summed E-state index contributed by atoms with van der Waals surface area (Å²) >= 11 is 1.53. The number of likely N-dealkylation sites (tertiary alicyclic amines) is 1. The lowest BCUT2D eigenvalue weighted by Gasteiger charge is -2.45. The number of benzene rings is 1. The molecule has 0 bridgehead atoms. The molecule has 35 heavy (non-hydrogen) atoms. The summed E-state index contributed by atoms with van der Waals surface area (Å²) in [5, 5.41) is 0.684. The number of aromatic nitrogens is 2. The molecule has 2 aromatic rings. The molecule has 1 amide bonds. The van der Waals surface area contributed by atoms with Crippen LogP contribution in [-0.2, 0) is 27.9 Å². The molecule has 1 aromatic carbocycles. The van der Waals surface area contributed by atoms with E-state index in [1.165, 1.54) is 17.3 Å². The average molecular weight is 498 g/mol. The molecule has 0 N–H and O–H groups in total. The molecule has 0 unspecified atom stereocenters. The van der Waals surface area contributed by atoms with Gasteiger partial charge in [-0.3, -0.25) is 9.36 Å². The Kier molecular flexibility index (Phi) is 7.43. The maximum absolute atomic E-state index is 14.1. The predicted octanol–water partition coefficient (Wildman–Crippen LogP) is 4.66. The van der Waals surface area contributed by atoms with Crippen LogP contribution >= 0.6 is 11.8 Å². The van der Waals surface area contributed by atoms with Gasteiger partial charge < -0.3 is 14.4 Å². The van der Waals surface area contributed by atoms with E-state index in [0.29, 0.717) is 50.0 Å². The molecule has 1 fully saturated rings. The number of piperidine rings is 1. The molecule has 0 atom stereocenters. The van der Waals surface area contributed by atoms with Crippen LogP contribution in [-0.4, -0.2) is 58.7 Å². The van der Waals surface area contributed by atoms with Crippen LogP contribution in [0.1, 0.15) is 44.7 Å². The molecule has 1 saturated heterocycles. The molecule has 2 aliphatic rings. The second-order valence-corrected chi connectivity index (χ2v) is 11.3. The third-order valence-corrected chi connectivity index (χ3v) is 7.61. The van der Waals surface area contributed by atoms with Gasteiger partial charge in [0.1, 0.15) is 5.60 Å². The Morgan fingerprint density at radius 1 is 1.26 bits per heavy atom. The minimum atomic E-state index is -0.540. The molecule has 1 aliphatic heterocycles. The second kappa shape index (κ2) is 10.2. The van der Waals surface area contributed by atoms with Gasteiger partial charge in [0.25, 0.3) is 5.56 Å². The Hall–Kier alpha value is -2.58. The molecule has 1 aromatic heterocycles. The van der Waals surface area contributed by atoms with E-state index >= 15 is 0 Å². The smallest absolute Gasteiger partial charge is 0.410 e. The van der Waals surface area contributed by atoms with E-state index in [4.69, 9.17) is 14.5 Å². The third kappa shape index (κ3) is 5.19. The number of hydrogen-bond donors (Lipinski definition) is 0. The topological polar surface area (TPSA) is 73.7 Å². The van der Waals surface area contributed by atoms with E-state index in [0.717, 1.165) is 23.2 Å². The highest BCUT2D eigenvalue weighted by Gasteiger charge is 2.45. The van der Waals surface area contributed by atoms with Crippen LogP contribution in [0.5, 0.6) is 0 Å². The van der Waals surface area contributed by atoms with Crippen molar-refractivity contribution in [1.82, 2.24) is 14.5 Å². The fourth-order valence-electron chi connectivity index (χ4n) is 5.05. The van der Waals surface area contributed by atoms with E-state index in [1.807, 2.05) is 32.9 Å². The average Bonchev–Trinajstić information content (AvgIpc) is 2.80. The minimum Gasteiger partial charge on any atom is -0.444 e. The lowest BCUT2D eigenvalue weighted by Crippen LogP contribution is -2.51. The molecule has 8 heteroatoms. The van der Waals surface area contributed by atoms with E-state index < -0.39 is 5.60 Å². The molecule has 7 nitrogen and oxygen atoms in total. The summed E-state index contributed by atoms with van der Waals surface area (Å²) in [6.07, 6.45) is 3.59. The first-order valence-electron chi connectivity index (χ1n) is 12.1. The largest absolute Gasteiger partial charge is 0.444 e. The van der Waals surface area contributed by atoms with Crippen molar-refractivity contribution in [3.05, 3.63) is 58.4 Å². The summed E-state index contributed by atoms with van der Waals surface area (Å²) in [6.45, 7) is 11.6. The summed E-state index contributed by atoms with van der Waals surface area (Å²) < 4.78 is 12.6. The van der Waals surface area contributed by atoms with Crippen LogP contribution in [0.4, 0.5) is 4.79 Å². The summed E-state index contributed by atoms with van der Waals surface area (Å²) in [6, 6.07) is 8.24. The van der Waals surface area contributed by atoms with Gasteiger partial charge in [0.05, 0.1) is 17.9 Å². The van der Waals surface area contributed by atoms with Gasteiger partial charge in [0, 0.05) is 43.5 Å². The molecule has 4 rings (SSSR count). The van der Waals surface area contributed by atoms with Crippen molar-refractivity contribution in [2.45, 2.75) is 62.8 Å². The van der Waals surface area contributed by atoms with Crippen LogP contribution in [0.25, 0.3) is 11.3 Å². The van der Waals surface area contributed by atoms with Gasteiger partial charge in [-0.15, -0.1) is 6.58 Å². The van der Waals surface area contributed by atoms with Crippen molar-refractivity contribution in [3.63, 3.8) is 0 Å². The lowest BCUT2D eigenvalue weighted by atomic mass is 9.64. The number of rotatable bonds is 6. The highest BCUT2D eigenvalue weighted by molar-refractivity contribution is 7.99. The van der Waals surface area contributed by atoms with Crippen molar-refractivity contribution >= 4 is 17.9 Å². The molecular formula is C27H35N3O4S. The maximum Gasteiger partial charge on any atom is 0.410 e. The number of ether oxygens (including phenoxy) is 2. The van der Waals surface area contributed by atoms with Gasteiger partial charge >= 0.3 is 6.09 Å². The van der Waals surface area contributed by atoms with Crippen molar-refractivity contribution < 1.29 is 14.3 Å². The molecule has 2 heterocycles. The van der Waals surface area contributed by atoms with E-state index in [1.54, 1.807) is 22.7 Å². The van der Waals surface area contributed by atoms with Gasteiger partial charge in [-0.1, -0.05) is 42.1 Å². The molecule has 0 radical (unpaired) electrons. The SMILES string of the molecule is C=CCn1c(SCCOC)nc2c(c1=O)C1(CCN(C(=O)OC(C)(C)C)CC1)Cc1ccccc1-2. The molecular weight excluding hydrogens is 462 g/mol. The van der Waals surface area contributed by atoms with Crippen LogP contribution in [0.3, 0.4) is 0 Å². The van der Waals surface area contributed by atoms with Crippen LogP contribution in [0, 0.1) is 0 Å². The number of amides is 1. The summed E-state index contributed by atoms with van der Waals surface area (Å²) in [4.78, 5) is 33.6. The van der Waals surface area contributed by atoms with E-state index in [2.05, 4.69) is 18.7 Å². The Balaban J connectivity index is 1.77. The number of methoxy groups -OCH3 is 1. The number of carbonyl (C=O) groups is 1. The quantitative estimate of drug-likeness (QED) is 0.250. The van der Waals surface area contributed by atoms with Crippen molar-refractivity contribution in [1.29, 1.82) is 0 Å². The Morgan fingerprint density at radius 3 is 2.63 bits per heavy atom. The van der Waals surface area contributed by atoms with Gasteiger partial charge in [-0.2, -0.15) is 0 Å². The number of hydrogen-bond acceptors (Lipinski definition) is 6. The van der Waals surface area contributed by atoms with Crippen LogP contribution < -0.4 is 5.56 Å². The first kappa shape index (κ1) is 25.5. The van der Waals surface area contributed by atoms with Crippen molar-refractivity contribution in [3.8, 4) is 11.3 Å². The zero-order valence-electron chi connectivity index (χ0n) is 21.1. The number of carbonyl (C=O) groups excluding carboxylic acids is 1. The molecule has 0 saturated carbocycles. The van der Waals surface area contributed by atoms with E-state index in [-0.39, 0.29) is 17.1 Å². The number of allylic oxidation sites excluding steroid dienone is 1. The minimum absolute atomic E-state index is 0.00459.